The van der Waals surface area contributed by atoms with E-state index in [4.69, 9.17) is 0 Å². The number of nitrogens with zero attached hydrogens (tertiary/aromatic N) is 4. The maximum Gasteiger partial charge on any atom is 0.230 e. The van der Waals surface area contributed by atoms with Crippen LogP contribution in [0, 0.1) is 0 Å². The molecular formula is C20H23N5OS. The van der Waals surface area contributed by atoms with Crippen molar-refractivity contribution >= 4 is 17.7 Å². The minimum Gasteiger partial charge on any atom is -0.349 e. The summed E-state index contributed by atoms with van der Waals surface area (Å²) in [6.07, 6.45) is 0. The number of thioether (sulfide) groups is 1. The maximum atomic E-state index is 12.3. The lowest BCUT2D eigenvalue weighted by Crippen LogP contribution is -2.28. The molecule has 3 rings (SSSR count). The number of carbonyl (C=O) groups is 1. The monoisotopic (exact) mass is 381 g/mol. The molecule has 3 aromatic rings. The first-order valence-corrected chi connectivity index (χ1v) is 9.89. The SMILES string of the molecule is CC(C)c1ccc(-n2nnnc2SCC(=O)NC(C)c2ccccc2)cc1. The molecule has 6 nitrogen and oxygen atoms in total. The number of hydrogen-bond acceptors (Lipinski definition) is 5. The van der Waals surface area contributed by atoms with Gasteiger partial charge in [0.05, 0.1) is 17.5 Å². The van der Waals surface area contributed by atoms with Gasteiger partial charge in [-0.15, -0.1) is 5.10 Å². The van der Waals surface area contributed by atoms with Crippen molar-refractivity contribution in [2.75, 3.05) is 5.75 Å². The van der Waals surface area contributed by atoms with Gasteiger partial charge in [-0.1, -0.05) is 68.1 Å². The van der Waals surface area contributed by atoms with Crippen LogP contribution in [-0.2, 0) is 4.79 Å². The summed E-state index contributed by atoms with van der Waals surface area (Å²) in [5, 5.41) is 15.4. The summed E-state index contributed by atoms with van der Waals surface area (Å²) in [6.45, 7) is 6.28. The van der Waals surface area contributed by atoms with E-state index in [0.29, 0.717) is 11.1 Å². The fourth-order valence-corrected chi connectivity index (χ4v) is 3.37. The fourth-order valence-electron chi connectivity index (χ4n) is 2.67. The molecule has 2 aromatic carbocycles. The molecule has 1 unspecified atom stereocenters. The minimum absolute atomic E-state index is 0.0427. The van der Waals surface area contributed by atoms with Crippen LogP contribution in [0.2, 0.25) is 0 Å². The van der Waals surface area contributed by atoms with Crippen molar-refractivity contribution < 1.29 is 4.79 Å². The van der Waals surface area contributed by atoms with E-state index in [2.05, 4.69) is 46.8 Å². The molecule has 0 spiro atoms. The second-order valence-corrected chi connectivity index (χ2v) is 7.55. The van der Waals surface area contributed by atoms with Crippen molar-refractivity contribution in [1.82, 2.24) is 25.5 Å². The van der Waals surface area contributed by atoms with E-state index in [-0.39, 0.29) is 17.7 Å². The van der Waals surface area contributed by atoms with Gasteiger partial charge in [-0.3, -0.25) is 4.79 Å². The molecule has 0 radical (unpaired) electrons. The first-order valence-electron chi connectivity index (χ1n) is 8.90. The molecule has 0 saturated carbocycles. The molecule has 1 heterocycles. The third kappa shape index (κ3) is 4.95. The minimum atomic E-state index is -0.0546. The van der Waals surface area contributed by atoms with Crippen LogP contribution in [0.25, 0.3) is 5.69 Å². The molecule has 140 valence electrons. The Hall–Kier alpha value is -2.67. The van der Waals surface area contributed by atoms with Crippen LogP contribution >= 0.6 is 11.8 Å². The third-order valence-corrected chi connectivity index (χ3v) is 5.17. The van der Waals surface area contributed by atoms with E-state index in [1.165, 1.54) is 17.3 Å². The highest BCUT2D eigenvalue weighted by Crippen LogP contribution is 2.21. The molecule has 1 aromatic heterocycles. The normalized spacial score (nSPS) is 12.1. The Labute approximate surface area is 163 Å². The molecule has 0 aliphatic carbocycles. The standard InChI is InChI=1S/C20H23N5OS/c1-14(2)16-9-11-18(12-10-16)25-20(22-23-24-25)27-13-19(26)21-15(3)17-7-5-4-6-8-17/h4-12,14-15H,13H2,1-3H3,(H,21,26). The fraction of sp³-hybridized carbons (Fsp3) is 0.300. The van der Waals surface area contributed by atoms with Crippen molar-refractivity contribution in [1.29, 1.82) is 0 Å². The summed E-state index contributed by atoms with van der Waals surface area (Å²) in [5.74, 6) is 0.667. The quantitative estimate of drug-likeness (QED) is 0.631. The van der Waals surface area contributed by atoms with Crippen LogP contribution in [-0.4, -0.2) is 31.9 Å². The predicted molar refractivity (Wildman–Crippen MR) is 107 cm³/mol. The zero-order valence-electron chi connectivity index (χ0n) is 15.7. The number of benzene rings is 2. The Bertz CT molecular complexity index is 877. The summed E-state index contributed by atoms with van der Waals surface area (Å²) in [6, 6.07) is 18.0. The van der Waals surface area contributed by atoms with Gasteiger partial charge in [0.1, 0.15) is 0 Å². The Morgan fingerprint density at radius 3 is 2.41 bits per heavy atom. The highest BCUT2D eigenvalue weighted by Gasteiger charge is 2.14. The lowest BCUT2D eigenvalue weighted by atomic mass is 10.0. The van der Waals surface area contributed by atoms with Crippen LogP contribution in [0.15, 0.2) is 59.8 Å². The Balaban J connectivity index is 1.60. The number of hydrogen-bond donors (Lipinski definition) is 1. The zero-order valence-corrected chi connectivity index (χ0v) is 16.5. The molecule has 7 heteroatoms. The number of rotatable bonds is 7. The molecule has 1 atom stereocenters. The van der Waals surface area contributed by atoms with E-state index >= 15 is 0 Å². The van der Waals surface area contributed by atoms with Gasteiger partial charge < -0.3 is 5.32 Å². The molecular weight excluding hydrogens is 358 g/mol. The van der Waals surface area contributed by atoms with Gasteiger partial charge in [-0.25, -0.2) is 0 Å². The van der Waals surface area contributed by atoms with Crippen LogP contribution in [0.5, 0.6) is 0 Å². The van der Waals surface area contributed by atoms with E-state index in [9.17, 15) is 4.79 Å². The highest BCUT2D eigenvalue weighted by molar-refractivity contribution is 7.99. The Morgan fingerprint density at radius 1 is 1.04 bits per heavy atom. The molecule has 0 aliphatic heterocycles. The summed E-state index contributed by atoms with van der Waals surface area (Å²) in [7, 11) is 0. The first-order chi connectivity index (χ1) is 13.0. The van der Waals surface area contributed by atoms with Gasteiger partial charge in [-0.2, -0.15) is 4.68 Å². The van der Waals surface area contributed by atoms with E-state index in [1.54, 1.807) is 4.68 Å². The topological polar surface area (TPSA) is 72.7 Å². The van der Waals surface area contributed by atoms with Gasteiger partial charge >= 0.3 is 0 Å². The van der Waals surface area contributed by atoms with Crippen molar-refractivity contribution in [2.24, 2.45) is 0 Å². The summed E-state index contributed by atoms with van der Waals surface area (Å²) < 4.78 is 1.66. The van der Waals surface area contributed by atoms with Crippen molar-refractivity contribution in [2.45, 2.75) is 37.9 Å². The van der Waals surface area contributed by atoms with Gasteiger partial charge in [-0.05, 0) is 46.5 Å². The molecule has 0 bridgehead atoms. The van der Waals surface area contributed by atoms with Gasteiger partial charge in [0, 0.05) is 0 Å². The number of nitrogens with one attached hydrogen (secondary N) is 1. The number of aromatic nitrogens is 4. The molecule has 27 heavy (non-hydrogen) atoms. The highest BCUT2D eigenvalue weighted by atomic mass is 32.2. The number of amides is 1. The van der Waals surface area contributed by atoms with Gasteiger partial charge in [0.25, 0.3) is 0 Å². The first kappa shape index (κ1) is 19.1. The largest absolute Gasteiger partial charge is 0.349 e. The van der Waals surface area contributed by atoms with Crippen molar-refractivity contribution in [3.05, 3.63) is 65.7 Å². The summed E-state index contributed by atoms with van der Waals surface area (Å²) in [4.78, 5) is 12.3. The Kier molecular flexibility index (Phi) is 6.24. The van der Waals surface area contributed by atoms with Crippen molar-refractivity contribution in [3.8, 4) is 5.69 Å². The summed E-state index contributed by atoms with van der Waals surface area (Å²) >= 11 is 1.32. The predicted octanol–water partition coefficient (Wildman–Crippen LogP) is 3.76. The van der Waals surface area contributed by atoms with E-state index < -0.39 is 0 Å². The lowest BCUT2D eigenvalue weighted by molar-refractivity contribution is -0.119. The molecule has 0 fully saturated rings. The molecule has 1 N–H and O–H groups in total. The second-order valence-electron chi connectivity index (χ2n) is 6.61. The van der Waals surface area contributed by atoms with Crippen LogP contribution < -0.4 is 5.32 Å². The average Bonchev–Trinajstić information content (AvgIpc) is 3.15. The molecule has 1 amide bonds. The number of tetrazole rings is 1. The lowest BCUT2D eigenvalue weighted by Gasteiger charge is -2.14. The van der Waals surface area contributed by atoms with E-state index in [1.807, 2.05) is 49.4 Å². The van der Waals surface area contributed by atoms with Crippen LogP contribution in [0.1, 0.15) is 43.9 Å². The van der Waals surface area contributed by atoms with Crippen LogP contribution in [0.4, 0.5) is 0 Å². The second kappa shape index (κ2) is 8.81. The van der Waals surface area contributed by atoms with Crippen molar-refractivity contribution in [3.63, 3.8) is 0 Å². The molecule has 0 saturated heterocycles. The summed E-state index contributed by atoms with van der Waals surface area (Å²) in [5.41, 5.74) is 3.21. The Morgan fingerprint density at radius 2 is 1.74 bits per heavy atom. The number of carbonyl (C=O) groups excluding carboxylic acids is 1. The third-order valence-electron chi connectivity index (χ3n) is 4.25. The zero-order chi connectivity index (χ0) is 19.2. The van der Waals surface area contributed by atoms with E-state index in [0.717, 1.165) is 11.3 Å². The van der Waals surface area contributed by atoms with Crippen LogP contribution in [0.3, 0.4) is 0 Å². The van der Waals surface area contributed by atoms with Gasteiger partial charge in [0.2, 0.25) is 11.1 Å². The maximum absolute atomic E-state index is 12.3. The average molecular weight is 382 g/mol. The molecule has 0 aliphatic rings. The smallest absolute Gasteiger partial charge is 0.230 e. The van der Waals surface area contributed by atoms with Gasteiger partial charge in [0.15, 0.2) is 0 Å².